The molecule has 0 saturated carbocycles. The van der Waals surface area contributed by atoms with Gasteiger partial charge >= 0.3 is 6.03 Å². The van der Waals surface area contributed by atoms with E-state index in [1.54, 1.807) is 54.3 Å². The zero-order chi connectivity index (χ0) is 26.5. The van der Waals surface area contributed by atoms with Crippen molar-refractivity contribution in [2.75, 3.05) is 25.5 Å². The van der Waals surface area contributed by atoms with Gasteiger partial charge in [-0.15, -0.1) is 5.10 Å². The maximum Gasteiger partial charge on any atom is 0.322 e. The Balaban J connectivity index is 1.61. The van der Waals surface area contributed by atoms with E-state index >= 15 is 0 Å². The van der Waals surface area contributed by atoms with E-state index in [0.29, 0.717) is 62.6 Å². The number of quaternary nitrogens is 1. The summed E-state index contributed by atoms with van der Waals surface area (Å²) in [6.45, 7) is 1.23. The summed E-state index contributed by atoms with van der Waals surface area (Å²) >= 11 is 12.5. The maximum atomic E-state index is 12.5. The highest BCUT2D eigenvalue weighted by atomic mass is 35.5. The summed E-state index contributed by atoms with van der Waals surface area (Å²) in [6, 6.07) is 13.2. The van der Waals surface area contributed by atoms with Gasteiger partial charge in [0.1, 0.15) is 18.1 Å². The normalized spacial score (nSPS) is 10.7. The molecule has 0 radical (unpaired) electrons. The quantitative estimate of drug-likeness (QED) is 0.289. The largest absolute Gasteiger partial charge is 0.453 e. The second kappa shape index (κ2) is 11.2. The first kappa shape index (κ1) is 25.8. The number of nitrogens with two attached hydrogens (primary N) is 1. The number of nitrogens with one attached hydrogen (secondary N) is 1. The third-order valence-corrected chi connectivity index (χ3v) is 5.87. The number of nitrogens with zero attached hydrogens (tertiary/aromatic N) is 6. The number of aromatic nitrogens is 4. The molecule has 6 N–H and O–H groups in total. The van der Waals surface area contributed by atoms with E-state index in [9.17, 15) is 10.1 Å². The van der Waals surface area contributed by atoms with Crippen molar-refractivity contribution >= 4 is 51.8 Å². The number of urea groups is 1. The van der Waals surface area contributed by atoms with Gasteiger partial charge in [-0.05, 0) is 42.5 Å². The van der Waals surface area contributed by atoms with Crippen molar-refractivity contribution in [2.45, 2.75) is 6.54 Å². The van der Waals surface area contributed by atoms with Crippen LogP contribution in [-0.4, -0.2) is 56.8 Å². The first-order valence-corrected chi connectivity index (χ1v) is 11.8. The second-order valence-electron chi connectivity index (χ2n) is 8.01. The number of pyridine rings is 1. The van der Waals surface area contributed by atoms with Gasteiger partial charge in [-0.25, -0.2) is 14.5 Å². The van der Waals surface area contributed by atoms with Gasteiger partial charge in [0.25, 0.3) is 0 Å². The Morgan fingerprint density at radius 2 is 2.11 bits per heavy atom. The molecule has 0 bridgehead atoms. The molecule has 0 aliphatic carbocycles. The van der Waals surface area contributed by atoms with Crippen LogP contribution < -0.4 is 21.2 Å². The van der Waals surface area contributed by atoms with Crippen LogP contribution in [0.4, 0.5) is 10.6 Å². The number of carbonyl (C=O) groups excluding carboxylic acids is 1. The van der Waals surface area contributed by atoms with Crippen molar-refractivity contribution in [1.29, 1.82) is 5.26 Å². The zero-order valence-corrected chi connectivity index (χ0v) is 21.3. The number of hydrogen-bond acceptors (Lipinski definition) is 6. The van der Waals surface area contributed by atoms with Crippen LogP contribution in [0.15, 0.2) is 48.7 Å². The van der Waals surface area contributed by atoms with Gasteiger partial charge in [0.05, 0.1) is 40.8 Å². The Morgan fingerprint density at radius 3 is 2.86 bits per heavy atom. The van der Waals surface area contributed by atoms with Crippen molar-refractivity contribution < 1.29 is 20.7 Å². The third kappa shape index (κ3) is 5.78. The molecular weight excluding hydrogens is 517 g/mol. The number of hydrogen-bond donors (Lipinski definition) is 3. The van der Waals surface area contributed by atoms with E-state index in [1.165, 1.54) is 11.0 Å². The Bertz CT molecular complexity index is 1530. The van der Waals surface area contributed by atoms with E-state index in [0.717, 1.165) is 0 Å². The van der Waals surface area contributed by atoms with Crippen molar-refractivity contribution in [2.24, 2.45) is 0 Å². The molecule has 0 aliphatic heterocycles. The number of amides is 2. The van der Waals surface area contributed by atoms with Crippen LogP contribution in [0.25, 0.3) is 11.0 Å². The highest BCUT2D eigenvalue weighted by Crippen LogP contribution is 2.36. The third-order valence-electron chi connectivity index (χ3n) is 5.35. The number of likely N-dealkylation sites (N-methyl/N-ethyl adjacent to an activating group) is 1. The lowest BCUT2D eigenvalue weighted by atomic mass is 10.1. The fraction of sp³-hybridized carbons (Fsp3) is 0.167. The Labute approximate surface area is 221 Å². The van der Waals surface area contributed by atoms with Gasteiger partial charge in [0, 0.05) is 18.3 Å². The molecule has 0 aliphatic rings. The van der Waals surface area contributed by atoms with Crippen LogP contribution in [-0.2, 0) is 6.54 Å². The van der Waals surface area contributed by atoms with Gasteiger partial charge < -0.3 is 15.4 Å². The van der Waals surface area contributed by atoms with E-state index in [2.05, 4.69) is 26.3 Å². The lowest BCUT2D eigenvalue weighted by Gasteiger charge is -2.16. The first-order valence-electron chi connectivity index (χ1n) is 11.1. The lowest BCUT2D eigenvalue weighted by molar-refractivity contribution is -0.367. The van der Waals surface area contributed by atoms with E-state index in [4.69, 9.17) is 33.3 Å². The molecule has 13 heteroatoms. The fourth-order valence-corrected chi connectivity index (χ4v) is 3.97. The summed E-state index contributed by atoms with van der Waals surface area (Å²) < 4.78 is 7.55. The van der Waals surface area contributed by atoms with Crippen LogP contribution in [0.3, 0.4) is 0 Å². The van der Waals surface area contributed by atoms with Crippen LogP contribution in [0.5, 0.6) is 11.5 Å². The van der Waals surface area contributed by atoms with Crippen molar-refractivity contribution in [3.63, 3.8) is 0 Å². The molecule has 2 amide bonds. The average molecular weight is 540 g/mol. The predicted molar refractivity (Wildman–Crippen MR) is 138 cm³/mol. The average Bonchev–Trinajstić information content (AvgIpc) is 3.28. The Kier molecular flexibility index (Phi) is 7.83. The number of halogens is 2. The molecule has 0 saturated heterocycles. The summed E-state index contributed by atoms with van der Waals surface area (Å²) in [5, 5.41) is 27.6. The highest BCUT2D eigenvalue weighted by Gasteiger charge is 2.21. The van der Waals surface area contributed by atoms with E-state index in [-0.39, 0.29) is 18.3 Å². The first-order chi connectivity index (χ1) is 17.8. The van der Waals surface area contributed by atoms with Crippen LogP contribution in [0, 0.1) is 11.3 Å². The van der Waals surface area contributed by atoms with Crippen LogP contribution in [0.1, 0.15) is 11.1 Å². The summed E-state index contributed by atoms with van der Waals surface area (Å²) in [4.78, 5) is 18.3. The highest BCUT2D eigenvalue weighted by molar-refractivity contribution is 6.33. The molecule has 0 unspecified atom stereocenters. The minimum Gasteiger partial charge on any atom is -0.453 e. The SMILES string of the molecule is CN(CC[NH3+])C(=O)Nc1ncccc1C(=[NH2+])Cn1nnc2c(Oc3cc(Cl)cc(C#N)c3)c(Cl)ccc21. The van der Waals surface area contributed by atoms with E-state index in [1.807, 2.05) is 6.07 Å². The fourth-order valence-electron chi connectivity index (χ4n) is 3.55. The summed E-state index contributed by atoms with van der Waals surface area (Å²) in [6.07, 6.45) is 1.57. The lowest BCUT2D eigenvalue weighted by Crippen LogP contribution is -2.55. The maximum absolute atomic E-state index is 12.5. The molecule has 4 rings (SSSR count). The Morgan fingerprint density at radius 1 is 1.30 bits per heavy atom. The molecule has 188 valence electrons. The molecule has 2 aromatic heterocycles. The van der Waals surface area contributed by atoms with Crippen molar-refractivity contribution in [1.82, 2.24) is 24.9 Å². The van der Waals surface area contributed by atoms with Gasteiger partial charge in [-0.1, -0.05) is 28.4 Å². The predicted octanol–water partition coefficient (Wildman–Crippen LogP) is 1.75. The number of carbonyl (C=O) groups is 1. The van der Waals surface area contributed by atoms with Crippen LogP contribution in [0.2, 0.25) is 10.0 Å². The van der Waals surface area contributed by atoms with Gasteiger partial charge in [0.2, 0.25) is 5.71 Å². The second-order valence-corrected chi connectivity index (χ2v) is 8.85. The molecule has 11 nitrogen and oxygen atoms in total. The van der Waals surface area contributed by atoms with Crippen LogP contribution >= 0.6 is 23.2 Å². The minimum atomic E-state index is -0.320. The standard InChI is InChI=1S/C24H21Cl2N9O2/c1-34(8-6-27)24(36)31-23-17(3-2-7-30-23)19(29)13-35-20-5-4-18(26)22(21(20)32-33-35)37-16-10-14(12-28)9-15(25)11-16/h2-5,7,9-11,29H,6,8,13,27H2,1H3,(H,30,31,36)/p+2. The van der Waals surface area contributed by atoms with E-state index < -0.39 is 0 Å². The number of nitriles is 1. The molecule has 2 aromatic carbocycles. The monoisotopic (exact) mass is 539 g/mol. The molecular formula is C24H23Cl2N9O2+2. The molecule has 0 spiro atoms. The Hall–Kier alpha value is -4.24. The minimum absolute atomic E-state index is 0.149. The summed E-state index contributed by atoms with van der Waals surface area (Å²) in [5.74, 6) is 0.920. The number of benzene rings is 2. The summed E-state index contributed by atoms with van der Waals surface area (Å²) in [5.41, 5.74) is 6.06. The van der Waals surface area contributed by atoms with Gasteiger partial charge in [0.15, 0.2) is 11.3 Å². The molecule has 0 fully saturated rings. The molecule has 4 aromatic rings. The van der Waals surface area contributed by atoms with Gasteiger partial charge in [-0.3, -0.25) is 10.7 Å². The molecule has 37 heavy (non-hydrogen) atoms. The number of rotatable bonds is 8. The van der Waals surface area contributed by atoms with Gasteiger partial charge in [-0.2, -0.15) is 5.26 Å². The zero-order valence-electron chi connectivity index (χ0n) is 19.8. The molecule has 0 atom stereocenters. The van der Waals surface area contributed by atoms with Crippen molar-refractivity contribution in [3.8, 4) is 17.6 Å². The number of ether oxygens (including phenoxy) is 1. The summed E-state index contributed by atoms with van der Waals surface area (Å²) in [7, 11) is 1.67. The van der Waals surface area contributed by atoms with Crippen molar-refractivity contribution in [3.05, 3.63) is 69.8 Å². The molecule has 2 heterocycles. The number of anilines is 1. The number of fused-ring (bicyclic) bond motifs is 1. The smallest absolute Gasteiger partial charge is 0.322 e. The topological polar surface area (TPSA) is 162 Å².